The predicted molar refractivity (Wildman–Crippen MR) is 95.5 cm³/mol. The molecule has 2 heterocycles. The zero-order chi connectivity index (χ0) is 18.5. The lowest BCUT2D eigenvalue weighted by Crippen LogP contribution is -2.43. The van der Waals surface area contributed by atoms with Crippen molar-refractivity contribution in [2.45, 2.75) is 50.7 Å². The molecular weight excluding hydrogens is 334 g/mol. The Morgan fingerprint density at radius 1 is 1.42 bits per heavy atom. The minimum Gasteiger partial charge on any atom is -0.481 e. The van der Waals surface area contributed by atoms with Gasteiger partial charge >= 0.3 is 0 Å². The van der Waals surface area contributed by atoms with Crippen molar-refractivity contribution in [3.63, 3.8) is 0 Å². The molecule has 7 heteroatoms. The van der Waals surface area contributed by atoms with Crippen molar-refractivity contribution >= 4 is 11.8 Å². The molecule has 2 amide bonds. The Balaban J connectivity index is 1.59. The summed E-state index contributed by atoms with van der Waals surface area (Å²) in [6, 6.07) is 3.49. The van der Waals surface area contributed by atoms with Crippen LogP contribution < -0.4 is 10.1 Å². The Hall–Kier alpha value is -2.15. The van der Waals surface area contributed by atoms with Gasteiger partial charge in [-0.25, -0.2) is 4.98 Å². The number of pyridine rings is 1. The molecule has 1 saturated heterocycles. The summed E-state index contributed by atoms with van der Waals surface area (Å²) in [4.78, 5) is 30.3. The third-order valence-corrected chi connectivity index (χ3v) is 5.30. The summed E-state index contributed by atoms with van der Waals surface area (Å²) in [7, 11) is 1.56. The maximum Gasteiger partial charge on any atom is 0.222 e. The van der Waals surface area contributed by atoms with Gasteiger partial charge in [-0.1, -0.05) is 6.07 Å². The van der Waals surface area contributed by atoms with Crippen LogP contribution >= 0.6 is 0 Å². The van der Waals surface area contributed by atoms with Crippen LogP contribution in [0, 0.1) is 5.92 Å². The molecule has 26 heavy (non-hydrogen) atoms. The van der Waals surface area contributed by atoms with Gasteiger partial charge in [0.05, 0.1) is 19.3 Å². The lowest BCUT2D eigenvalue weighted by molar-refractivity contribution is -0.134. The van der Waals surface area contributed by atoms with Crippen LogP contribution in [-0.2, 0) is 9.59 Å². The van der Waals surface area contributed by atoms with E-state index in [1.165, 1.54) is 0 Å². The minimum absolute atomic E-state index is 0.0782. The normalized spacial score (nSPS) is 23.9. The van der Waals surface area contributed by atoms with Gasteiger partial charge in [0.1, 0.15) is 0 Å². The number of aliphatic hydroxyl groups excluding tert-OH is 1. The van der Waals surface area contributed by atoms with Gasteiger partial charge in [-0.3, -0.25) is 9.59 Å². The molecule has 1 atom stereocenters. The molecule has 1 aliphatic carbocycles. The number of hydrogen-bond acceptors (Lipinski definition) is 5. The first-order valence-electron chi connectivity index (χ1n) is 9.32. The van der Waals surface area contributed by atoms with E-state index in [1.54, 1.807) is 24.3 Å². The quantitative estimate of drug-likeness (QED) is 0.766. The van der Waals surface area contributed by atoms with Crippen LogP contribution in [0.15, 0.2) is 18.3 Å². The van der Waals surface area contributed by atoms with Gasteiger partial charge in [0, 0.05) is 38.2 Å². The molecule has 142 valence electrons. The lowest BCUT2D eigenvalue weighted by atomic mass is 9.75. The maximum absolute atomic E-state index is 12.5. The van der Waals surface area contributed by atoms with Gasteiger partial charge in [0.15, 0.2) is 0 Å². The third kappa shape index (κ3) is 4.52. The third-order valence-electron chi connectivity index (χ3n) is 5.30. The number of aromatic nitrogens is 1. The molecule has 2 N–H and O–H groups in total. The van der Waals surface area contributed by atoms with Crippen LogP contribution in [-0.4, -0.2) is 53.1 Å². The van der Waals surface area contributed by atoms with Crippen molar-refractivity contribution in [1.29, 1.82) is 0 Å². The zero-order valence-corrected chi connectivity index (χ0v) is 15.2. The number of nitrogens with zero attached hydrogens (tertiary/aromatic N) is 2. The van der Waals surface area contributed by atoms with Crippen LogP contribution in [0.4, 0.5) is 0 Å². The number of amides is 2. The van der Waals surface area contributed by atoms with Crippen LogP contribution in [0.3, 0.4) is 0 Å². The van der Waals surface area contributed by atoms with Gasteiger partial charge in [-0.05, 0) is 37.2 Å². The van der Waals surface area contributed by atoms with Crippen molar-refractivity contribution in [2.75, 3.05) is 20.2 Å². The van der Waals surface area contributed by atoms with E-state index in [1.807, 2.05) is 6.07 Å². The number of likely N-dealkylation sites (tertiary alicyclic amines) is 1. The van der Waals surface area contributed by atoms with Crippen LogP contribution in [0.25, 0.3) is 0 Å². The molecule has 1 aromatic heterocycles. The average Bonchev–Trinajstić information content (AvgIpc) is 2.63. The van der Waals surface area contributed by atoms with E-state index in [9.17, 15) is 14.7 Å². The van der Waals surface area contributed by atoms with E-state index < -0.39 is 0 Å². The number of aliphatic hydroxyl groups is 1. The van der Waals surface area contributed by atoms with Crippen molar-refractivity contribution in [3.8, 4) is 5.88 Å². The highest BCUT2D eigenvalue weighted by Gasteiger charge is 2.36. The number of rotatable bonds is 7. The molecule has 0 bridgehead atoms. The summed E-state index contributed by atoms with van der Waals surface area (Å²) in [6.45, 7) is 1.21. The Bertz CT molecular complexity index is 628. The fraction of sp³-hybridized carbons (Fsp3) is 0.632. The Labute approximate surface area is 153 Å². The molecule has 1 aromatic rings. The van der Waals surface area contributed by atoms with Gasteiger partial charge in [0.25, 0.3) is 0 Å². The fourth-order valence-electron chi connectivity index (χ4n) is 3.65. The molecule has 0 spiro atoms. The van der Waals surface area contributed by atoms with Crippen molar-refractivity contribution in [3.05, 3.63) is 23.9 Å². The molecular formula is C19H27N3O4. The van der Waals surface area contributed by atoms with Gasteiger partial charge in [-0.2, -0.15) is 0 Å². The first-order chi connectivity index (χ1) is 12.6. The first kappa shape index (κ1) is 18.6. The van der Waals surface area contributed by atoms with E-state index in [-0.39, 0.29) is 29.9 Å². The summed E-state index contributed by atoms with van der Waals surface area (Å²) < 4.78 is 5.09. The summed E-state index contributed by atoms with van der Waals surface area (Å²) in [5.41, 5.74) is 0.907. The molecule has 0 radical (unpaired) electrons. The number of carbonyl (C=O) groups is 2. The Kier molecular flexibility index (Phi) is 6.08. The van der Waals surface area contributed by atoms with Crippen LogP contribution in [0.1, 0.15) is 50.1 Å². The predicted octanol–water partition coefficient (Wildman–Crippen LogP) is 1.42. The number of ether oxygens (including phenoxy) is 1. The van der Waals surface area contributed by atoms with E-state index in [0.29, 0.717) is 38.1 Å². The van der Waals surface area contributed by atoms with Crippen molar-refractivity contribution < 1.29 is 19.4 Å². The highest BCUT2D eigenvalue weighted by molar-refractivity contribution is 5.79. The highest BCUT2D eigenvalue weighted by atomic mass is 16.5. The van der Waals surface area contributed by atoms with Crippen molar-refractivity contribution in [2.24, 2.45) is 5.92 Å². The number of methoxy groups -OCH3 is 1. The Morgan fingerprint density at radius 2 is 2.23 bits per heavy atom. The maximum atomic E-state index is 12.5. The van der Waals surface area contributed by atoms with Crippen LogP contribution in [0.2, 0.25) is 0 Å². The minimum atomic E-state index is -0.295. The van der Waals surface area contributed by atoms with E-state index in [0.717, 1.165) is 24.9 Å². The average molecular weight is 361 g/mol. The van der Waals surface area contributed by atoms with Gasteiger partial charge in [0.2, 0.25) is 17.7 Å². The fourth-order valence-corrected chi connectivity index (χ4v) is 3.65. The lowest BCUT2D eigenvalue weighted by Gasteiger charge is -2.38. The number of nitrogens with one attached hydrogen (secondary N) is 1. The number of carbonyl (C=O) groups excluding carboxylic acids is 2. The molecule has 3 rings (SSSR count). The Morgan fingerprint density at radius 3 is 2.85 bits per heavy atom. The van der Waals surface area contributed by atoms with Gasteiger partial charge in [-0.15, -0.1) is 0 Å². The largest absolute Gasteiger partial charge is 0.481 e. The molecule has 1 saturated carbocycles. The standard InChI is InChI=1S/C19H27N3O4/c1-26-17-6-5-13(12-20-17)19(14-10-15(23)11-14)21-16(24)7-9-22-8-3-2-4-18(22)25/h5-6,12,14-15,19,23H,2-4,7-11H2,1H3,(H,21,24). The first-order valence-corrected chi connectivity index (χ1v) is 9.32. The molecule has 7 nitrogen and oxygen atoms in total. The van der Waals surface area contributed by atoms with Crippen molar-refractivity contribution in [1.82, 2.24) is 15.2 Å². The molecule has 1 unspecified atom stereocenters. The topological polar surface area (TPSA) is 91.8 Å². The van der Waals surface area contributed by atoms with Gasteiger partial charge < -0.3 is 20.1 Å². The summed E-state index contributed by atoms with van der Waals surface area (Å²) in [6.07, 6.45) is 5.58. The van der Waals surface area contributed by atoms with E-state index in [2.05, 4.69) is 10.3 Å². The summed E-state index contributed by atoms with van der Waals surface area (Å²) in [5.74, 6) is 0.782. The molecule has 1 aliphatic heterocycles. The number of hydrogen-bond donors (Lipinski definition) is 2. The monoisotopic (exact) mass is 361 g/mol. The SMILES string of the molecule is COc1ccc(C(NC(=O)CCN2CCCCC2=O)C2CC(O)C2)cn1. The number of piperidine rings is 1. The van der Waals surface area contributed by atoms with Crippen LogP contribution in [0.5, 0.6) is 5.88 Å². The second kappa shape index (κ2) is 8.49. The molecule has 2 aliphatic rings. The second-order valence-corrected chi connectivity index (χ2v) is 7.15. The smallest absolute Gasteiger partial charge is 0.222 e. The summed E-state index contributed by atoms with van der Waals surface area (Å²) in [5, 5.41) is 12.7. The molecule has 0 aromatic carbocycles. The summed E-state index contributed by atoms with van der Waals surface area (Å²) >= 11 is 0. The van der Waals surface area contributed by atoms with E-state index in [4.69, 9.17) is 4.74 Å². The zero-order valence-electron chi connectivity index (χ0n) is 15.2. The molecule has 2 fully saturated rings. The second-order valence-electron chi connectivity index (χ2n) is 7.15. The highest BCUT2D eigenvalue weighted by Crippen LogP contribution is 2.38. The van der Waals surface area contributed by atoms with E-state index >= 15 is 0 Å².